The molecule has 0 fully saturated rings. The van der Waals surface area contributed by atoms with Crippen LogP contribution in [0, 0.1) is 0 Å². The van der Waals surface area contributed by atoms with E-state index in [0.717, 1.165) is 4.31 Å². The first-order valence-electron chi connectivity index (χ1n) is 7.25. The van der Waals surface area contributed by atoms with Gasteiger partial charge in [0.05, 0.1) is 32.3 Å². The van der Waals surface area contributed by atoms with Gasteiger partial charge in [-0.25, -0.2) is 8.42 Å². The molecule has 26 heavy (non-hydrogen) atoms. The summed E-state index contributed by atoms with van der Waals surface area (Å²) in [5.74, 6) is -0.734. The van der Waals surface area contributed by atoms with Crippen LogP contribution >= 0.6 is 46.4 Å². The molecular formula is C16H13Cl4NO4S. The van der Waals surface area contributed by atoms with E-state index in [9.17, 15) is 13.2 Å². The molecule has 0 aliphatic rings. The molecular weight excluding hydrogens is 444 g/mol. The third-order valence-electron chi connectivity index (χ3n) is 3.24. The minimum atomic E-state index is -4.18. The minimum Gasteiger partial charge on any atom is -0.465 e. The van der Waals surface area contributed by atoms with Crippen molar-refractivity contribution < 1.29 is 17.9 Å². The number of benzene rings is 2. The number of carbonyl (C=O) groups is 1. The van der Waals surface area contributed by atoms with Gasteiger partial charge in [0.15, 0.2) is 0 Å². The number of anilines is 1. The monoisotopic (exact) mass is 455 g/mol. The molecule has 0 N–H and O–H groups in total. The van der Waals surface area contributed by atoms with Crippen molar-refractivity contribution >= 4 is 68.1 Å². The second kappa shape index (κ2) is 8.67. The Morgan fingerprint density at radius 1 is 1.00 bits per heavy atom. The van der Waals surface area contributed by atoms with E-state index in [2.05, 4.69) is 0 Å². The van der Waals surface area contributed by atoms with Gasteiger partial charge in [-0.05, 0) is 43.3 Å². The first-order chi connectivity index (χ1) is 12.2. The summed E-state index contributed by atoms with van der Waals surface area (Å²) < 4.78 is 31.9. The van der Waals surface area contributed by atoms with Crippen LogP contribution in [-0.2, 0) is 19.6 Å². The number of rotatable bonds is 6. The normalized spacial score (nSPS) is 11.3. The van der Waals surface area contributed by atoms with E-state index in [1.54, 1.807) is 6.92 Å². The number of ether oxygens (including phenoxy) is 1. The fourth-order valence-corrected chi connectivity index (χ4v) is 4.45. The van der Waals surface area contributed by atoms with Gasteiger partial charge in [0.2, 0.25) is 0 Å². The molecule has 140 valence electrons. The lowest BCUT2D eigenvalue weighted by atomic mass is 10.3. The van der Waals surface area contributed by atoms with Crippen molar-refractivity contribution in [3.8, 4) is 0 Å². The van der Waals surface area contributed by atoms with Gasteiger partial charge < -0.3 is 4.74 Å². The van der Waals surface area contributed by atoms with Crippen LogP contribution in [0.3, 0.4) is 0 Å². The number of halogens is 4. The molecule has 0 bridgehead atoms. The van der Waals surface area contributed by atoms with E-state index in [1.165, 1.54) is 36.4 Å². The first kappa shape index (κ1) is 21.1. The molecule has 0 spiro atoms. The zero-order valence-electron chi connectivity index (χ0n) is 13.4. The van der Waals surface area contributed by atoms with Gasteiger partial charge in [0.1, 0.15) is 6.54 Å². The van der Waals surface area contributed by atoms with Gasteiger partial charge in [-0.3, -0.25) is 9.10 Å². The molecule has 0 atom stereocenters. The van der Waals surface area contributed by atoms with E-state index in [1.807, 2.05) is 0 Å². The Bertz CT molecular complexity index is 934. The molecule has 2 aromatic carbocycles. The Kier molecular flexibility index (Phi) is 7.05. The summed E-state index contributed by atoms with van der Waals surface area (Å²) in [6, 6.07) is 8.07. The van der Waals surface area contributed by atoms with E-state index < -0.39 is 22.5 Å². The van der Waals surface area contributed by atoms with Crippen molar-refractivity contribution in [3.63, 3.8) is 0 Å². The largest absolute Gasteiger partial charge is 0.465 e. The molecule has 0 aromatic heterocycles. The SMILES string of the molecule is CCOC(=O)CN(c1ccc(Cl)cc1Cl)S(=O)(=O)c1ccc(Cl)c(Cl)c1. The van der Waals surface area contributed by atoms with E-state index in [-0.39, 0.29) is 32.3 Å². The van der Waals surface area contributed by atoms with Crippen LogP contribution in [0.25, 0.3) is 0 Å². The second-order valence-corrected chi connectivity index (χ2v) is 8.51. The summed E-state index contributed by atoms with van der Waals surface area (Å²) in [6.07, 6.45) is 0. The molecule has 0 unspecified atom stereocenters. The highest BCUT2D eigenvalue weighted by atomic mass is 35.5. The Labute approximate surface area is 171 Å². The summed E-state index contributed by atoms with van der Waals surface area (Å²) in [7, 11) is -4.18. The molecule has 0 aliphatic heterocycles. The van der Waals surface area contributed by atoms with Gasteiger partial charge in [-0.1, -0.05) is 46.4 Å². The van der Waals surface area contributed by atoms with Gasteiger partial charge in [-0.15, -0.1) is 0 Å². The molecule has 2 aromatic rings. The highest BCUT2D eigenvalue weighted by Gasteiger charge is 2.29. The lowest BCUT2D eigenvalue weighted by molar-refractivity contribution is -0.141. The average Bonchev–Trinajstić information content (AvgIpc) is 2.56. The zero-order chi connectivity index (χ0) is 19.5. The minimum absolute atomic E-state index is 0.0606. The predicted octanol–water partition coefficient (Wildman–Crippen LogP) is 5.06. The maximum Gasteiger partial charge on any atom is 0.326 e. The molecule has 0 saturated heterocycles. The van der Waals surface area contributed by atoms with Gasteiger partial charge >= 0.3 is 5.97 Å². The Morgan fingerprint density at radius 2 is 1.69 bits per heavy atom. The third-order valence-corrected chi connectivity index (χ3v) is 6.27. The summed E-state index contributed by atoms with van der Waals surface area (Å²) in [6.45, 7) is 1.15. The predicted molar refractivity (Wildman–Crippen MR) is 104 cm³/mol. The van der Waals surface area contributed by atoms with E-state index in [0.29, 0.717) is 5.02 Å². The maximum absolute atomic E-state index is 13.1. The Balaban J connectivity index is 2.57. The van der Waals surface area contributed by atoms with Crippen LogP contribution < -0.4 is 4.31 Å². The van der Waals surface area contributed by atoms with Crippen molar-refractivity contribution in [1.29, 1.82) is 0 Å². The molecule has 0 aliphatic carbocycles. The smallest absolute Gasteiger partial charge is 0.326 e. The number of nitrogens with zero attached hydrogens (tertiary/aromatic N) is 1. The van der Waals surface area contributed by atoms with Crippen LogP contribution in [0.1, 0.15) is 6.92 Å². The van der Waals surface area contributed by atoms with E-state index >= 15 is 0 Å². The fraction of sp³-hybridized carbons (Fsp3) is 0.188. The topological polar surface area (TPSA) is 63.7 Å². The van der Waals surface area contributed by atoms with Crippen molar-refractivity contribution in [2.24, 2.45) is 0 Å². The Morgan fingerprint density at radius 3 is 2.27 bits per heavy atom. The second-order valence-electron chi connectivity index (χ2n) is 4.99. The van der Waals surface area contributed by atoms with Crippen LogP contribution in [0.2, 0.25) is 20.1 Å². The highest BCUT2D eigenvalue weighted by molar-refractivity contribution is 7.92. The number of sulfonamides is 1. The van der Waals surface area contributed by atoms with E-state index in [4.69, 9.17) is 51.1 Å². The summed E-state index contributed by atoms with van der Waals surface area (Å²) >= 11 is 23.8. The fourth-order valence-electron chi connectivity index (χ4n) is 2.07. The van der Waals surface area contributed by atoms with Crippen molar-refractivity contribution in [3.05, 3.63) is 56.5 Å². The number of hydrogen-bond acceptors (Lipinski definition) is 4. The first-order valence-corrected chi connectivity index (χ1v) is 10.2. The number of carbonyl (C=O) groups excluding carboxylic acids is 1. The van der Waals surface area contributed by atoms with Crippen molar-refractivity contribution in [1.82, 2.24) is 0 Å². The standard InChI is InChI=1S/C16H13Cl4NO4S/c1-2-25-16(22)9-21(15-6-3-10(17)7-14(15)20)26(23,24)11-4-5-12(18)13(19)8-11/h3-8H,2,9H2,1H3. The summed E-state index contributed by atoms with van der Waals surface area (Å²) in [5, 5.41) is 0.644. The van der Waals surface area contributed by atoms with Crippen molar-refractivity contribution in [2.75, 3.05) is 17.5 Å². The third kappa shape index (κ3) is 4.75. The molecule has 5 nitrogen and oxygen atoms in total. The zero-order valence-corrected chi connectivity index (χ0v) is 17.2. The molecule has 0 radical (unpaired) electrons. The number of hydrogen-bond donors (Lipinski definition) is 0. The van der Waals surface area contributed by atoms with Crippen molar-refractivity contribution in [2.45, 2.75) is 11.8 Å². The quantitative estimate of drug-likeness (QED) is 0.570. The molecule has 10 heteroatoms. The average molecular weight is 457 g/mol. The van der Waals surface area contributed by atoms with Gasteiger partial charge in [0, 0.05) is 5.02 Å². The lowest BCUT2D eigenvalue weighted by Gasteiger charge is -2.24. The lowest BCUT2D eigenvalue weighted by Crippen LogP contribution is -2.36. The van der Waals surface area contributed by atoms with Gasteiger partial charge in [-0.2, -0.15) is 0 Å². The van der Waals surface area contributed by atoms with Crippen LogP contribution in [-0.4, -0.2) is 27.5 Å². The maximum atomic E-state index is 13.1. The Hall–Kier alpha value is -1.18. The summed E-state index contributed by atoms with van der Waals surface area (Å²) in [4.78, 5) is 11.8. The molecule has 0 heterocycles. The van der Waals surface area contributed by atoms with Crippen LogP contribution in [0.5, 0.6) is 0 Å². The summed E-state index contributed by atoms with van der Waals surface area (Å²) in [5.41, 5.74) is 0.0789. The van der Waals surface area contributed by atoms with Crippen LogP contribution in [0.4, 0.5) is 5.69 Å². The molecule has 0 amide bonds. The number of esters is 1. The van der Waals surface area contributed by atoms with Crippen LogP contribution in [0.15, 0.2) is 41.3 Å². The molecule has 2 rings (SSSR count). The van der Waals surface area contributed by atoms with Gasteiger partial charge in [0.25, 0.3) is 10.0 Å². The molecule has 0 saturated carbocycles. The highest BCUT2D eigenvalue weighted by Crippen LogP contribution is 2.34.